The van der Waals surface area contributed by atoms with Crippen LogP contribution in [0.1, 0.15) is 51.1 Å². The molecule has 4 rings (SSSR count). The summed E-state index contributed by atoms with van der Waals surface area (Å²) in [6.45, 7) is 2.63. The van der Waals surface area contributed by atoms with Gasteiger partial charge in [-0.2, -0.15) is 0 Å². The molecular formula is C21H21N5O4. The highest BCUT2D eigenvalue weighted by molar-refractivity contribution is 6.23. The highest BCUT2D eigenvalue weighted by atomic mass is 16.2. The fraction of sp³-hybridized carbons (Fsp3) is 0.333. The van der Waals surface area contributed by atoms with Crippen molar-refractivity contribution in [1.29, 1.82) is 0 Å². The van der Waals surface area contributed by atoms with Crippen molar-refractivity contribution in [2.45, 2.75) is 38.6 Å². The Balaban J connectivity index is 1.41. The van der Waals surface area contributed by atoms with Crippen LogP contribution in [0, 0.1) is 6.92 Å². The van der Waals surface area contributed by atoms with Gasteiger partial charge < -0.3 is 5.32 Å². The largest absolute Gasteiger partial charge is 0.370 e. The maximum absolute atomic E-state index is 12.9. The van der Waals surface area contributed by atoms with Crippen LogP contribution in [-0.4, -0.2) is 51.1 Å². The average molecular weight is 407 g/mol. The average Bonchev–Trinajstić information content (AvgIpc) is 2.97. The quantitative estimate of drug-likeness (QED) is 0.546. The van der Waals surface area contributed by atoms with Crippen LogP contribution in [0.3, 0.4) is 0 Å². The Morgan fingerprint density at radius 2 is 1.97 bits per heavy atom. The second kappa shape index (κ2) is 8.02. The highest BCUT2D eigenvalue weighted by Gasteiger charge is 2.44. The molecule has 1 unspecified atom stereocenters. The van der Waals surface area contributed by atoms with Crippen LogP contribution < -0.4 is 10.6 Å². The monoisotopic (exact) mass is 407 g/mol. The van der Waals surface area contributed by atoms with Crippen LogP contribution in [0.25, 0.3) is 0 Å². The Bertz CT molecular complexity index is 1050. The molecule has 9 nitrogen and oxygen atoms in total. The summed E-state index contributed by atoms with van der Waals surface area (Å²) in [5, 5.41) is 5.45. The molecule has 1 fully saturated rings. The van der Waals surface area contributed by atoms with E-state index in [0.29, 0.717) is 24.1 Å². The van der Waals surface area contributed by atoms with Gasteiger partial charge in [-0.25, -0.2) is 9.97 Å². The van der Waals surface area contributed by atoms with Gasteiger partial charge in [0.25, 0.3) is 11.8 Å². The van der Waals surface area contributed by atoms with Crippen molar-refractivity contribution in [1.82, 2.24) is 20.2 Å². The van der Waals surface area contributed by atoms with Crippen LogP contribution in [0.15, 0.2) is 30.7 Å². The zero-order valence-corrected chi connectivity index (χ0v) is 16.5. The lowest BCUT2D eigenvalue weighted by atomic mass is 10.0. The number of hydrogen-bond acceptors (Lipinski definition) is 7. The maximum Gasteiger partial charge on any atom is 0.262 e. The fourth-order valence-corrected chi connectivity index (χ4v) is 3.76. The van der Waals surface area contributed by atoms with Gasteiger partial charge in [-0.3, -0.25) is 29.4 Å². The summed E-state index contributed by atoms with van der Waals surface area (Å²) in [6, 6.07) is 4.24. The van der Waals surface area contributed by atoms with E-state index in [-0.39, 0.29) is 18.7 Å². The minimum Gasteiger partial charge on any atom is -0.370 e. The van der Waals surface area contributed by atoms with E-state index in [2.05, 4.69) is 20.6 Å². The zero-order chi connectivity index (χ0) is 21.3. The van der Waals surface area contributed by atoms with Crippen molar-refractivity contribution < 1.29 is 19.2 Å². The fourth-order valence-electron chi connectivity index (χ4n) is 3.76. The number of hydrogen-bond donors (Lipinski definition) is 2. The number of fused-ring (bicyclic) bond motifs is 1. The van der Waals surface area contributed by atoms with Crippen molar-refractivity contribution in [2.24, 2.45) is 0 Å². The predicted octanol–water partition coefficient (Wildman–Crippen LogP) is 1.23. The van der Waals surface area contributed by atoms with Crippen molar-refractivity contribution >= 4 is 29.4 Å². The van der Waals surface area contributed by atoms with E-state index in [9.17, 15) is 19.2 Å². The second-order valence-electron chi connectivity index (χ2n) is 7.41. The standard InChI is InChI=1S/C21H21N5O4/c1-12-10-22-11-24-18(12)23-8-2-3-13-4-5-14-15(9-13)21(30)26(20(14)29)16-6-7-17(27)25-19(16)28/h4-5,9-11,16H,2-3,6-8H2,1H3,(H,22,23,24)(H,25,27,28). The molecular weight excluding hydrogens is 386 g/mol. The number of nitrogens with one attached hydrogen (secondary N) is 2. The molecule has 0 aliphatic carbocycles. The molecule has 1 saturated heterocycles. The van der Waals surface area contributed by atoms with Crippen LogP contribution >= 0.6 is 0 Å². The summed E-state index contributed by atoms with van der Waals surface area (Å²) in [5.74, 6) is -1.18. The number of amides is 4. The lowest BCUT2D eigenvalue weighted by molar-refractivity contribution is -0.136. The third-order valence-corrected chi connectivity index (χ3v) is 5.33. The summed E-state index contributed by atoms with van der Waals surface area (Å²) in [5.41, 5.74) is 2.50. The number of benzene rings is 1. The van der Waals surface area contributed by atoms with Crippen molar-refractivity contribution in [2.75, 3.05) is 11.9 Å². The lowest BCUT2D eigenvalue weighted by Gasteiger charge is -2.27. The first kappa shape index (κ1) is 19.7. The van der Waals surface area contributed by atoms with Gasteiger partial charge in [0, 0.05) is 24.7 Å². The zero-order valence-electron chi connectivity index (χ0n) is 16.5. The number of imide groups is 2. The number of aryl methyl sites for hydroxylation is 2. The number of carbonyl (C=O) groups excluding carboxylic acids is 4. The van der Waals surface area contributed by atoms with Crippen LogP contribution in [0.2, 0.25) is 0 Å². The molecule has 0 spiro atoms. The highest BCUT2D eigenvalue weighted by Crippen LogP contribution is 2.28. The summed E-state index contributed by atoms with van der Waals surface area (Å²) in [7, 11) is 0. The number of piperidine rings is 1. The van der Waals surface area contributed by atoms with Crippen molar-refractivity contribution in [3.8, 4) is 0 Å². The topological polar surface area (TPSA) is 121 Å². The van der Waals surface area contributed by atoms with Gasteiger partial charge in [-0.15, -0.1) is 0 Å². The molecule has 3 heterocycles. The van der Waals surface area contributed by atoms with E-state index < -0.39 is 23.8 Å². The summed E-state index contributed by atoms with van der Waals surface area (Å²) in [4.78, 5) is 58.2. The molecule has 0 radical (unpaired) electrons. The normalized spacial score (nSPS) is 18.4. The number of aromatic nitrogens is 2. The minimum atomic E-state index is -0.946. The Morgan fingerprint density at radius 3 is 2.73 bits per heavy atom. The first-order chi connectivity index (χ1) is 14.5. The summed E-state index contributed by atoms with van der Waals surface area (Å²) in [6.07, 6.45) is 5.01. The van der Waals surface area contributed by atoms with Gasteiger partial charge in [0.05, 0.1) is 11.1 Å². The Kier molecular flexibility index (Phi) is 5.26. The maximum atomic E-state index is 12.9. The molecule has 154 valence electrons. The molecule has 1 atom stereocenters. The second-order valence-corrected chi connectivity index (χ2v) is 7.41. The molecule has 1 aromatic carbocycles. The molecule has 2 aliphatic rings. The lowest BCUT2D eigenvalue weighted by Crippen LogP contribution is -2.54. The van der Waals surface area contributed by atoms with Crippen LogP contribution in [0.4, 0.5) is 5.82 Å². The van der Waals surface area contributed by atoms with E-state index in [1.54, 1.807) is 18.3 Å². The molecule has 2 aromatic rings. The van der Waals surface area contributed by atoms with Gasteiger partial charge in [0.15, 0.2) is 0 Å². The first-order valence-corrected chi connectivity index (χ1v) is 9.80. The van der Waals surface area contributed by atoms with Gasteiger partial charge in [-0.05, 0) is 43.9 Å². The number of rotatable bonds is 6. The number of nitrogens with zero attached hydrogens (tertiary/aromatic N) is 3. The summed E-state index contributed by atoms with van der Waals surface area (Å²) < 4.78 is 0. The van der Waals surface area contributed by atoms with E-state index >= 15 is 0 Å². The van der Waals surface area contributed by atoms with E-state index in [1.165, 1.54) is 6.33 Å². The van der Waals surface area contributed by atoms with E-state index in [4.69, 9.17) is 0 Å². The van der Waals surface area contributed by atoms with Gasteiger partial charge in [0.2, 0.25) is 11.8 Å². The third kappa shape index (κ3) is 3.66. The van der Waals surface area contributed by atoms with Crippen LogP contribution in [0.5, 0.6) is 0 Å². The van der Waals surface area contributed by atoms with Gasteiger partial charge in [-0.1, -0.05) is 6.07 Å². The number of anilines is 1. The molecule has 9 heteroatoms. The summed E-state index contributed by atoms with van der Waals surface area (Å²) >= 11 is 0. The molecule has 2 N–H and O–H groups in total. The SMILES string of the molecule is Cc1cncnc1NCCCc1ccc2c(c1)C(=O)N(C1CCC(=O)NC1=O)C2=O. The molecule has 30 heavy (non-hydrogen) atoms. The van der Waals surface area contributed by atoms with Crippen molar-refractivity contribution in [3.63, 3.8) is 0 Å². The van der Waals surface area contributed by atoms with Crippen molar-refractivity contribution in [3.05, 3.63) is 53.0 Å². The predicted molar refractivity (Wildman–Crippen MR) is 107 cm³/mol. The Morgan fingerprint density at radius 1 is 1.17 bits per heavy atom. The Hall–Kier alpha value is -3.62. The molecule has 0 bridgehead atoms. The van der Waals surface area contributed by atoms with Gasteiger partial charge >= 0.3 is 0 Å². The van der Waals surface area contributed by atoms with Crippen LogP contribution in [-0.2, 0) is 16.0 Å². The minimum absolute atomic E-state index is 0.105. The molecule has 4 amide bonds. The van der Waals surface area contributed by atoms with Gasteiger partial charge in [0.1, 0.15) is 18.2 Å². The Labute approximate surface area is 172 Å². The first-order valence-electron chi connectivity index (χ1n) is 9.80. The smallest absolute Gasteiger partial charge is 0.262 e. The molecule has 1 aromatic heterocycles. The molecule has 0 saturated carbocycles. The third-order valence-electron chi connectivity index (χ3n) is 5.33. The number of carbonyl (C=O) groups is 4. The van der Waals surface area contributed by atoms with E-state index in [1.807, 2.05) is 13.0 Å². The molecule has 2 aliphatic heterocycles. The van der Waals surface area contributed by atoms with E-state index in [0.717, 1.165) is 28.3 Å².